The maximum Gasteiger partial charge on any atom is 0.294 e. The summed E-state index contributed by atoms with van der Waals surface area (Å²) in [6, 6.07) is 14.1. The Morgan fingerprint density at radius 3 is 2.73 bits per heavy atom. The summed E-state index contributed by atoms with van der Waals surface area (Å²) in [7, 11) is 1.55. The van der Waals surface area contributed by atoms with Crippen LogP contribution in [0.25, 0.3) is 21.5 Å². The van der Waals surface area contributed by atoms with E-state index in [0.29, 0.717) is 32.4 Å². The molecule has 0 aliphatic heterocycles. The van der Waals surface area contributed by atoms with Gasteiger partial charge in [0.1, 0.15) is 18.0 Å². The van der Waals surface area contributed by atoms with Gasteiger partial charge < -0.3 is 10.1 Å². The Morgan fingerprint density at radius 1 is 1.23 bits per heavy atom. The Hall–Kier alpha value is -3.23. The second-order valence-corrected chi connectivity index (χ2v) is 8.15. The monoisotopic (exact) mass is 440 g/mol. The van der Waals surface area contributed by atoms with Gasteiger partial charge in [-0.25, -0.2) is 9.67 Å². The SMILES string of the molecule is COc1cccc(NC(=O)Cn2nc(-c3ccc(Cl)cc3)c3sc(C)nc3c2=O)c1. The largest absolute Gasteiger partial charge is 0.497 e. The first-order chi connectivity index (χ1) is 14.4. The molecule has 7 nitrogen and oxygen atoms in total. The molecule has 152 valence electrons. The van der Waals surface area contributed by atoms with Gasteiger partial charge in [0.25, 0.3) is 5.56 Å². The van der Waals surface area contributed by atoms with Crippen molar-refractivity contribution in [2.24, 2.45) is 0 Å². The van der Waals surface area contributed by atoms with E-state index in [-0.39, 0.29) is 12.5 Å². The molecule has 0 spiro atoms. The van der Waals surface area contributed by atoms with Crippen LogP contribution in [0.4, 0.5) is 5.69 Å². The highest BCUT2D eigenvalue weighted by atomic mass is 35.5. The molecule has 1 amide bonds. The number of fused-ring (bicyclic) bond motifs is 1. The number of carbonyl (C=O) groups excluding carboxylic acids is 1. The molecule has 30 heavy (non-hydrogen) atoms. The zero-order valence-electron chi connectivity index (χ0n) is 16.2. The molecule has 4 aromatic rings. The van der Waals surface area contributed by atoms with Gasteiger partial charge in [-0.2, -0.15) is 5.10 Å². The smallest absolute Gasteiger partial charge is 0.294 e. The number of carbonyl (C=O) groups is 1. The Labute approximate surface area is 180 Å². The second kappa shape index (κ2) is 8.25. The van der Waals surface area contributed by atoms with Crippen LogP contribution in [-0.4, -0.2) is 27.8 Å². The number of nitrogens with zero attached hydrogens (tertiary/aromatic N) is 3. The third-order valence-electron chi connectivity index (χ3n) is 4.37. The predicted octanol–water partition coefficient (Wildman–Crippen LogP) is 4.13. The van der Waals surface area contributed by atoms with Gasteiger partial charge in [0.15, 0.2) is 5.52 Å². The Kier molecular flexibility index (Phi) is 5.52. The first-order valence-corrected chi connectivity index (χ1v) is 10.2. The minimum Gasteiger partial charge on any atom is -0.497 e. The molecule has 0 unspecified atom stereocenters. The van der Waals surface area contributed by atoms with Crippen LogP contribution in [0.5, 0.6) is 5.75 Å². The van der Waals surface area contributed by atoms with E-state index in [4.69, 9.17) is 16.3 Å². The molecule has 0 saturated carbocycles. The fourth-order valence-corrected chi connectivity index (χ4v) is 4.05. The number of hydrogen-bond acceptors (Lipinski definition) is 6. The van der Waals surface area contributed by atoms with Gasteiger partial charge >= 0.3 is 0 Å². The van der Waals surface area contributed by atoms with E-state index < -0.39 is 5.56 Å². The summed E-state index contributed by atoms with van der Waals surface area (Å²) in [4.78, 5) is 29.8. The number of hydrogen-bond donors (Lipinski definition) is 1. The predicted molar refractivity (Wildman–Crippen MR) is 118 cm³/mol. The summed E-state index contributed by atoms with van der Waals surface area (Å²) in [5.74, 6) is 0.235. The van der Waals surface area contributed by atoms with E-state index in [9.17, 15) is 9.59 Å². The number of ether oxygens (including phenoxy) is 1. The van der Waals surface area contributed by atoms with Crippen molar-refractivity contribution in [2.75, 3.05) is 12.4 Å². The van der Waals surface area contributed by atoms with Gasteiger partial charge in [-0.1, -0.05) is 29.8 Å². The summed E-state index contributed by atoms with van der Waals surface area (Å²) >= 11 is 7.39. The van der Waals surface area contributed by atoms with Crippen LogP contribution in [0.2, 0.25) is 5.02 Å². The first kappa shape index (κ1) is 20.1. The summed E-state index contributed by atoms with van der Waals surface area (Å²) in [6.07, 6.45) is 0. The normalized spacial score (nSPS) is 10.9. The molecule has 9 heteroatoms. The molecule has 0 atom stereocenters. The third kappa shape index (κ3) is 4.05. The van der Waals surface area contributed by atoms with Crippen molar-refractivity contribution < 1.29 is 9.53 Å². The first-order valence-electron chi connectivity index (χ1n) is 9.02. The molecule has 1 N–H and O–H groups in total. The summed E-state index contributed by atoms with van der Waals surface area (Å²) in [5.41, 5.74) is 1.83. The van der Waals surface area contributed by atoms with Crippen LogP contribution in [0.15, 0.2) is 53.3 Å². The number of aryl methyl sites for hydroxylation is 1. The Balaban J connectivity index is 1.71. The molecule has 2 aromatic heterocycles. The number of nitrogens with one attached hydrogen (secondary N) is 1. The van der Waals surface area contributed by atoms with Crippen molar-refractivity contribution in [1.29, 1.82) is 0 Å². The van der Waals surface area contributed by atoms with Gasteiger partial charge in [-0.05, 0) is 31.2 Å². The molecule has 4 rings (SSSR count). The molecule has 0 saturated heterocycles. The van der Waals surface area contributed by atoms with Crippen molar-refractivity contribution >= 4 is 44.7 Å². The van der Waals surface area contributed by atoms with Crippen LogP contribution in [-0.2, 0) is 11.3 Å². The topological polar surface area (TPSA) is 86.1 Å². The molecule has 0 bridgehead atoms. The molecular weight excluding hydrogens is 424 g/mol. The molecule has 0 radical (unpaired) electrons. The lowest BCUT2D eigenvalue weighted by molar-refractivity contribution is -0.117. The molecule has 0 aliphatic rings. The number of aromatic nitrogens is 3. The fraction of sp³-hybridized carbons (Fsp3) is 0.143. The van der Waals surface area contributed by atoms with Crippen LogP contribution >= 0.6 is 22.9 Å². The summed E-state index contributed by atoms with van der Waals surface area (Å²) in [6.45, 7) is 1.58. The van der Waals surface area contributed by atoms with E-state index in [0.717, 1.165) is 15.3 Å². The zero-order valence-corrected chi connectivity index (χ0v) is 17.8. The highest BCUT2D eigenvalue weighted by Gasteiger charge is 2.18. The quantitative estimate of drug-likeness (QED) is 0.504. The summed E-state index contributed by atoms with van der Waals surface area (Å²) in [5, 5.41) is 8.58. The number of methoxy groups -OCH3 is 1. The number of rotatable bonds is 5. The molecule has 2 heterocycles. The highest BCUT2D eigenvalue weighted by Crippen LogP contribution is 2.30. The number of amides is 1. The number of halogens is 1. The van der Waals surface area contributed by atoms with E-state index in [2.05, 4.69) is 15.4 Å². The van der Waals surface area contributed by atoms with Crippen molar-refractivity contribution in [2.45, 2.75) is 13.5 Å². The van der Waals surface area contributed by atoms with E-state index in [1.807, 2.05) is 19.1 Å². The second-order valence-electron chi connectivity index (χ2n) is 6.51. The zero-order chi connectivity index (χ0) is 21.3. The number of benzene rings is 2. The summed E-state index contributed by atoms with van der Waals surface area (Å²) < 4.78 is 6.99. The number of thiazole rings is 1. The van der Waals surface area contributed by atoms with Crippen LogP contribution < -0.4 is 15.6 Å². The highest BCUT2D eigenvalue weighted by molar-refractivity contribution is 7.19. The van der Waals surface area contributed by atoms with Crippen molar-refractivity contribution in [3.05, 3.63) is 68.9 Å². The average Bonchev–Trinajstić information content (AvgIpc) is 3.13. The van der Waals surface area contributed by atoms with E-state index in [1.54, 1.807) is 43.5 Å². The van der Waals surface area contributed by atoms with Crippen molar-refractivity contribution in [3.63, 3.8) is 0 Å². The van der Waals surface area contributed by atoms with E-state index >= 15 is 0 Å². The lowest BCUT2D eigenvalue weighted by atomic mass is 10.1. The molecule has 0 fully saturated rings. The van der Waals surface area contributed by atoms with Gasteiger partial charge in [0, 0.05) is 22.3 Å². The maximum absolute atomic E-state index is 12.9. The van der Waals surface area contributed by atoms with Crippen LogP contribution in [0, 0.1) is 6.92 Å². The maximum atomic E-state index is 12.9. The van der Waals surface area contributed by atoms with Gasteiger partial charge in [0.05, 0.1) is 16.8 Å². The fourth-order valence-electron chi connectivity index (χ4n) is 3.01. The van der Waals surface area contributed by atoms with E-state index in [1.165, 1.54) is 11.3 Å². The van der Waals surface area contributed by atoms with Crippen LogP contribution in [0.1, 0.15) is 5.01 Å². The lowest BCUT2D eigenvalue weighted by Crippen LogP contribution is -2.30. The Bertz CT molecular complexity index is 1300. The Morgan fingerprint density at radius 2 is 2.00 bits per heavy atom. The third-order valence-corrected chi connectivity index (χ3v) is 5.60. The van der Waals surface area contributed by atoms with Crippen molar-refractivity contribution in [3.8, 4) is 17.0 Å². The molecule has 2 aromatic carbocycles. The molecule has 0 aliphatic carbocycles. The minimum absolute atomic E-state index is 0.247. The minimum atomic E-state index is -0.409. The standard InChI is InChI=1S/C21H17ClN4O3S/c1-12-23-19-20(30-12)18(13-6-8-14(22)9-7-13)25-26(21(19)28)11-17(27)24-15-4-3-5-16(10-15)29-2/h3-10H,11H2,1-2H3,(H,24,27). The van der Waals surface area contributed by atoms with Gasteiger partial charge in [-0.15, -0.1) is 11.3 Å². The van der Waals surface area contributed by atoms with Gasteiger partial charge in [-0.3, -0.25) is 9.59 Å². The number of anilines is 1. The lowest BCUT2D eigenvalue weighted by Gasteiger charge is -2.10. The van der Waals surface area contributed by atoms with Crippen LogP contribution in [0.3, 0.4) is 0 Å². The molecular formula is C21H17ClN4O3S. The average molecular weight is 441 g/mol. The van der Waals surface area contributed by atoms with Crippen molar-refractivity contribution in [1.82, 2.24) is 14.8 Å². The van der Waals surface area contributed by atoms with Gasteiger partial charge in [0.2, 0.25) is 5.91 Å².